The number of aromatic nitrogens is 1. The summed E-state index contributed by atoms with van der Waals surface area (Å²) in [5.74, 6) is -9.89. The molecule has 0 spiro atoms. The van der Waals surface area contributed by atoms with Crippen molar-refractivity contribution in [3.05, 3.63) is 115 Å². The van der Waals surface area contributed by atoms with E-state index in [1.54, 1.807) is 27.7 Å². The topological polar surface area (TPSA) is 106 Å². The number of rotatable bonds is 13. The lowest BCUT2D eigenvalue weighted by molar-refractivity contribution is -0.119. The van der Waals surface area contributed by atoms with E-state index in [0.29, 0.717) is 15.8 Å². The summed E-state index contributed by atoms with van der Waals surface area (Å²) in [6.07, 6.45) is 4.51. The Morgan fingerprint density at radius 1 is 0.930 bits per heavy atom. The first-order valence-corrected chi connectivity index (χ1v) is 20.7. The molecule has 4 aromatic rings. The van der Waals surface area contributed by atoms with Gasteiger partial charge in [0.1, 0.15) is 16.2 Å². The summed E-state index contributed by atoms with van der Waals surface area (Å²) < 4.78 is 98.5. The van der Waals surface area contributed by atoms with E-state index in [2.05, 4.69) is 47.8 Å². The first-order chi connectivity index (χ1) is 26.5. The maximum Gasteiger partial charge on any atom is 0.338 e. The number of nitrogens with zero attached hydrogens (tertiary/aromatic N) is 3. The fourth-order valence-electron chi connectivity index (χ4n) is 5.98. The number of ether oxygens (including phenoxy) is 2. The maximum atomic E-state index is 15.4. The number of esters is 1. The molecule has 1 amide bonds. The van der Waals surface area contributed by atoms with Crippen LogP contribution in [-0.4, -0.2) is 48.3 Å². The lowest BCUT2D eigenvalue weighted by Crippen LogP contribution is -2.43. The third-order valence-corrected chi connectivity index (χ3v) is 12.2. The molecule has 5 rings (SSSR count). The van der Waals surface area contributed by atoms with Crippen LogP contribution in [0.5, 0.6) is 5.75 Å². The van der Waals surface area contributed by atoms with Crippen LogP contribution >= 0.6 is 27.5 Å². The van der Waals surface area contributed by atoms with E-state index in [4.69, 9.17) is 21.1 Å². The Bertz CT molecular complexity index is 2280. The molecule has 1 aliphatic rings. The number of anilines is 1. The first-order valence-electron chi connectivity index (χ1n) is 18.1. The number of hydrogen-bond acceptors (Lipinski definition) is 7. The van der Waals surface area contributed by atoms with Crippen LogP contribution in [0.2, 0.25) is 5.02 Å². The molecule has 57 heavy (non-hydrogen) atoms. The molecule has 1 fully saturated rings. The van der Waals surface area contributed by atoms with Gasteiger partial charge >= 0.3 is 5.97 Å². The molecule has 0 saturated heterocycles. The number of pyridine rings is 1. The Hall–Kier alpha value is -4.05. The van der Waals surface area contributed by atoms with Gasteiger partial charge in [-0.25, -0.2) is 30.8 Å². The van der Waals surface area contributed by atoms with Gasteiger partial charge in [0.2, 0.25) is 15.9 Å². The molecule has 0 aliphatic heterocycles. The van der Waals surface area contributed by atoms with Gasteiger partial charge in [0.25, 0.3) is 0 Å². The lowest BCUT2D eigenvalue weighted by Gasteiger charge is -2.30. The highest BCUT2D eigenvalue weighted by atomic mass is 79.9. The number of hydrogen-bond donors (Lipinski definition) is 0. The van der Waals surface area contributed by atoms with Gasteiger partial charge in [-0.3, -0.25) is 9.78 Å². The van der Waals surface area contributed by atoms with E-state index in [-0.39, 0.29) is 46.2 Å². The SMILES string of the molecule is CCOc1cc(C(=O)OC(C)(C)C)ccc1N(Cc1cc(C2CC2)cc(C(C)(C)C)c1)C(=O)CN(Cc1ccncc1Cl)S(=O)(=O)c1c(F)c(F)c(F)c(F)c1Br. The van der Waals surface area contributed by atoms with E-state index in [0.717, 1.165) is 24.0 Å². The zero-order valence-electron chi connectivity index (χ0n) is 32.5. The van der Waals surface area contributed by atoms with Crippen LogP contribution in [0.25, 0.3) is 0 Å². The van der Waals surface area contributed by atoms with E-state index >= 15 is 4.39 Å². The van der Waals surface area contributed by atoms with Gasteiger partial charge < -0.3 is 14.4 Å². The molecule has 1 heterocycles. The van der Waals surface area contributed by atoms with Gasteiger partial charge in [0.05, 0.1) is 40.4 Å². The van der Waals surface area contributed by atoms with Crippen molar-refractivity contribution in [3.63, 3.8) is 0 Å². The fourth-order valence-corrected chi connectivity index (χ4v) is 8.60. The molecular formula is C41H43BrClF4N3O6S. The zero-order chi connectivity index (χ0) is 42.2. The smallest absolute Gasteiger partial charge is 0.338 e. The number of amides is 1. The molecule has 1 aliphatic carbocycles. The van der Waals surface area contributed by atoms with Crippen molar-refractivity contribution in [2.75, 3.05) is 18.1 Å². The minimum absolute atomic E-state index is 0.0269. The molecule has 0 bridgehead atoms. The van der Waals surface area contributed by atoms with Crippen molar-refractivity contribution in [2.24, 2.45) is 0 Å². The summed E-state index contributed by atoms with van der Waals surface area (Å²) in [5.41, 5.74) is 2.03. The van der Waals surface area contributed by atoms with Gasteiger partial charge in [0.15, 0.2) is 23.3 Å². The predicted octanol–water partition coefficient (Wildman–Crippen LogP) is 10.0. The molecule has 0 unspecified atom stereocenters. The molecule has 3 aromatic carbocycles. The second kappa shape index (κ2) is 17.0. The molecule has 1 saturated carbocycles. The Morgan fingerprint density at radius 2 is 1.60 bits per heavy atom. The molecule has 1 aromatic heterocycles. The average Bonchev–Trinajstić information content (AvgIpc) is 3.98. The van der Waals surface area contributed by atoms with Crippen molar-refractivity contribution in [1.29, 1.82) is 0 Å². The van der Waals surface area contributed by atoms with Crippen LogP contribution in [0, 0.1) is 23.3 Å². The van der Waals surface area contributed by atoms with Gasteiger partial charge in [-0.15, -0.1) is 0 Å². The fraction of sp³-hybridized carbons (Fsp3) is 0.390. The van der Waals surface area contributed by atoms with Crippen molar-refractivity contribution in [1.82, 2.24) is 9.29 Å². The largest absolute Gasteiger partial charge is 0.492 e. The van der Waals surface area contributed by atoms with Crippen LogP contribution in [0.4, 0.5) is 23.2 Å². The lowest BCUT2D eigenvalue weighted by atomic mass is 9.84. The van der Waals surface area contributed by atoms with Gasteiger partial charge in [-0.05, 0) is 114 Å². The number of carbonyl (C=O) groups is 2. The summed E-state index contributed by atoms with van der Waals surface area (Å²) in [6.45, 7) is 11.2. The Labute approximate surface area is 343 Å². The number of benzene rings is 3. The van der Waals surface area contributed by atoms with E-state index in [1.165, 1.54) is 41.6 Å². The molecule has 16 heteroatoms. The monoisotopic (exact) mass is 895 g/mol. The summed E-state index contributed by atoms with van der Waals surface area (Å²) in [6, 6.07) is 11.7. The summed E-state index contributed by atoms with van der Waals surface area (Å²) in [7, 11) is -5.37. The minimum atomic E-state index is -5.37. The van der Waals surface area contributed by atoms with Crippen molar-refractivity contribution in [3.8, 4) is 5.75 Å². The highest BCUT2D eigenvalue weighted by Gasteiger charge is 2.38. The second-order valence-corrected chi connectivity index (χ2v) is 18.8. The van der Waals surface area contributed by atoms with Crippen LogP contribution in [0.3, 0.4) is 0 Å². The predicted molar refractivity (Wildman–Crippen MR) is 212 cm³/mol. The molecule has 0 N–H and O–H groups in total. The molecule has 306 valence electrons. The minimum Gasteiger partial charge on any atom is -0.492 e. The summed E-state index contributed by atoms with van der Waals surface area (Å²) in [5, 5.41) is -0.0269. The van der Waals surface area contributed by atoms with Gasteiger partial charge in [-0.1, -0.05) is 50.6 Å². The quantitative estimate of drug-likeness (QED) is 0.0570. The van der Waals surface area contributed by atoms with Crippen LogP contribution in [-0.2, 0) is 38.1 Å². The van der Waals surface area contributed by atoms with E-state index in [9.17, 15) is 31.2 Å². The van der Waals surface area contributed by atoms with Gasteiger partial charge in [-0.2, -0.15) is 4.31 Å². The zero-order valence-corrected chi connectivity index (χ0v) is 35.6. The molecular weight excluding hydrogens is 854 g/mol. The van der Waals surface area contributed by atoms with E-state index in [1.807, 2.05) is 12.1 Å². The number of sulfonamides is 1. The molecule has 0 radical (unpaired) electrons. The third-order valence-electron chi connectivity index (χ3n) is 9.04. The maximum absolute atomic E-state index is 15.4. The second-order valence-electron chi connectivity index (χ2n) is 15.7. The normalized spacial score (nSPS) is 13.5. The standard InChI is InChI=1S/C41H43BrClF4N3O6S/c1-8-55-31-18-25(39(52)56-41(5,6)7)11-12-30(31)50(20-23-15-27(24-9-10-24)17-28(16-23)40(2,3)4)32(51)22-49(21-26-13-14-48-19-29(26)43)57(53,54)38-33(42)34(44)35(45)36(46)37(38)47/h11-19,24H,8-10,20-22H2,1-7H3. The Morgan fingerprint density at radius 3 is 2.19 bits per heavy atom. The van der Waals surface area contributed by atoms with E-state index < -0.39 is 73.2 Å². The van der Waals surface area contributed by atoms with Crippen LogP contribution in [0.1, 0.15) is 99.8 Å². The number of halogens is 6. The van der Waals surface area contributed by atoms with Crippen molar-refractivity contribution < 1.29 is 45.0 Å². The number of carbonyl (C=O) groups excluding carboxylic acids is 2. The summed E-state index contributed by atoms with van der Waals surface area (Å²) >= 11 is 8.94. The average molecular weight is 897 g/mol. The van der Waals surface area contributed by atoms with Crippen molar-refractivity contribution in [2.45, 2.75) is 96.2 Å². The van der Waals surface area contributed by atoms with Crippen LogP contribution in [0.15, 0.2) is 64.2 Å². The Balaban J connectivity index is 1.69. The first kappa shape index (κ1) is 44.1. The van der Waals surface area contributed by atoms with Gasteiger partial charge in [0, 0.05) is 18.9 Å². The third kappa shape index (κ3) is 10.2. The summed E-state index contributed by atoms with van der Waals surface area (Å²) in [4.78, 5) is 31.6. The highest BCUT2D eigenvalue weighted by Crippen LogP contribution is 2.43. The Kier molecular flexibility index (Phi) is 13.2. The molecule has 0 atom stereocenters. The highest BCUT2D eigenvalue weighted by molar-refractivity contribution is 9.10. The van der Waals surface area contributed by atoms with Crippen LogP contribution < -0.4 is 9.64 Å². The van der Waals surface area contributed by atoms with Crippen molar-refractivity contribution >= 4 is 55.1 Å². The molecule has 9 nitrogen and oxygen atoms in total.